The summed E-state index contributed by atoms with van der Waals surface area (Å²) in [6.45, 7) is 8.07. The second kappa shape index (κ2) is 7.44. The number of aryl methyl sites for hydroxylation is 1. The Morgan fingerprint density at radius 2 is 2.10 bits per heavy atom. The molecule has 0 bridgehead atoms. The van der Waals surface area contributed by atoms with Crippen LogP contribution in [0, 0.1) is 12.8 Å². The normalized spacial score (nSPS) is 16.1. The number of carbonyl (C=O) groups excluding carboxylic acids is 1. The molecule has 2 rings (SSSR count). The molecule has 1 aromatic rings. The largest absolute Gasteiger partial charge is 0.342 e. The Kier molecular flexibility index (Phi) is 5.60. The molecular weight excluding hydrogens is 248 g/mol. The van der Waals surface area contributed by atoms with Crippen LogP contribution in [0.1, 0.15) is 30.9 Å². The zero-order valence-electron chi connectivity index (χ0n) is 12.7. The first kappa shape index (κ1) is 15.0. The SMILES string of the molecule is CCN(CC1CCNCC1)C(=O)Cc1cccc(C)c1. The van der Waals surface area contributed by atoms with E-state index in [0.29, 0.717) is 12.3 Å². The molecule has 3 heteroatoms. The van der Waals surface area contributed by atoms with Gasteiger partial charge in [-0.2, -0.15) is 0 Å². The van der Waals surface area contributed by atoms with E-state index >= 15 is 0 Å². The molecule has 0 atom stereocenters. The lowest BCUT2D eigenvalue weighted by Gasteiger charge is -2.29. The molecule has 3 nitrogen and oxygen atoms in total. The lowest BCUT2D eigenvalue weighted by molar-refractivity contribution is -0.131. The molecule has 1 amide bonds. The third-order valence-electron chi connectivity index (χ3n) is 4.11. The van der Waals surface area contributed by atoms with E-state index < -0.39 is 0 Å². The molecule has 0 radical (unpaired) electrons. The Morgan fingerprint density at radius 1 is 1.35 bits per heavy atom. The summed E-state index contributed by atoms with van der Waals surface area (Å²) in [5.41, 5.74) is 2.34. The molecule has 1 N–H and O–H groups in total. The van der Waals surface area contributed by atoms with E-state index in [2.05, 4.69) is 31.3 Å². The Balaban J connectivity index is 1.91. The van der Waals surface area contributed by atoms with Gasteiger partial charge in [-0.3, -0.25) is 4.79 Å². The molecule has 0 aromatic heterocycles. The van der Waals surface area contributed by atoms with Gasteiger partial charge >= 0.3 is 0 Å². The van der Waals surface area contributed by atoms with Gasteiger partial charge in [0.1, 0.15) is 0 Å². The first-order valence-electron chi connectivity index (χ1n) is 7.73. The first-order chi connectivity index (χ1) is 9.69. The van der Waals surface area contributed by atoms with E-state index in [4.69, 9.17) is 0 Å². The summed E-state index contributed by atoms with van der Waals surface area (Å²) < 4.78 is 0. The fourth-order valence-electron chi connectivity index (χ4n) is 2.89. The average molecular weight is 274 g/mol. The molecule has 1 aliphatic rings. The summed E-state index contributed by atoms with van der Waals surface area (Å²) in [7, 11) is 0. The smallest absolute Gasteiger partial charge is 0.226 e. The summed E-state index contributed by atoms with van der Waals surface area (Å²) in [4.78, 5) is 14.5. The average Bonchev–Trinajstić information content (AvgIpc) is 2.45. The fourth-order valence-corrected chi connectivity index (χ4v) is 2.89. The van der Waals surface area contributed by atoms with Gasteiger partial charge in [-0.25, -0.2) is 0 Å². The molecule has 1 fully saturated rings. The number of piperidine rings is 1. The van der Waals surface area contributed by atoms with E-state index in [-0.39, 0.29) is 5.91 Å². The van der Waals surface area contributed by atoms with Gasteiger partial charge < -0.3 is 10.2 Å². The van der Waals surface area contributed by atoms with Crippen molar-refractivity contribution in [3.05, 3.63) is 35.4 Å². The van der Waals surface area contributed by atoms with E-state index in [0.717, 1.165) is 31.7 Å². The highest BCUT2D eigenvalue weighted by atomic mass is 16.2. The van der Waals surface area contributed by atoms with Crippen molar-refractivity contribution in [3.63, 3.8) is 0 Å². The van der Waals surface area contributed by atoms with Crippen molar-refractivity contribution in [1.29, 1.82) is 0 Å². The Morgan fingerprint density at radius 3 is 2.75 bits per heavy atom. The van der Waals surface area contributed by atoms with Crippen LogP contribution in [0.2, 0.25) is 0 Å². The Bertz CT molecular complexity index is 438. The standard InChI is InChI=1S/C17H26N2O/c1-3-19(13-15-7-9-18-10-8-15)17(20)12-16-6-4-5-14(2)11-16/h4-6,11,15,18H,3,7-10,12-13H2,1-2H3. The van der Waals surface area contributed by atoms with E-state index in [1.54, 1.807) is 0 Å². The number of nitrogens with one attached hydrogen (secondary N) is 1. The van der Waals surface area contributed by atoms with Crippen LogP contribution in [-0.4, -0.2) is 37.0 Å². The van der Waals surface area contributed by atoms with Gasteiger partial charge in [-0.15, -0.1) is 0 Å². The molecule has 1 heterocycles. The molecule has 1 aliphatic heterocycles. The van der Waals surface area contributed by atoms with Crippen LogP contribution in [-0.2, 0) is 11.2 Å². The van der Waals surface area contributed by atoms with Crippen molar-refractivity contribution in [2.45, 2.75) is 33.1 Å². The maximum absolute atomic E-state index is 12.4. The van der Waals surface area contributed by atoms with Gasteiger partial charge in [-0.05, 0) is 51.3 Å². The summed E-state index contributed by atoms with van der Waals surface area (Å²) in [5.74, 6) is 0.925. The lowest BCUT2D eigenvalue weighted by Crippen LogP contribution is -2.39. The third kappa shape index (κ3) is 4.34. The molecule has 0 spiro atoms. The van der Waals surface area contributed by atoms with Crippen molar-refractivity contribution in [2.75, 3.05) is 26.2 Å². The number of hydrogen-bond donors (Lipinski definition) is 1. The second-order valence-electron chi connectivity index (χ2n) is 5.79. The maximum atomic E-state index is 12.4. The van der Waals surface area contributed by atoms with Gasteiger partial charge in [0.2, 0.25) is 5.91 Å². The zero-order chi connectivity index (χ0) is 14.4. The minimum absolute atomic E-state index is 0.261. The molecule has 0 aliphatic carbocycles. The summed E-state index contributed by atoms with van der Waals surface area (Å²) >= 11 is 0. The highest BCUT2D eigenvalue weighted by Crippen LogP contribution is 2.14. The lowest BCUT2D eigenvalue weighted by atomic mass is 9.97. The van der Waals surface area contributed by atoms with Crippen molar-refractivity contribution in [3.8, 4) is 0 Å². The zero-order valence-corrected chi connectivity index (χ0v) is 12.7. The van der Waals surface area contributed by atoms with Crippen LogP contribution >= 0.6 is 0 Å². The van der Waals surface area contributed by atoms with Crippen LogP contribution in [0.3, 0.4) is 0 Å². The van der Waals surface area contributed by atoms with Crippen molar-refractivity contribution < 1.29 is 4.79 Å². The molecule has 20 heavy (non-hydrogen) atoms. The van der Waals surface area contributed by atoms with Crippen molar-refractivity contribution in [2.24, 2.45) is 5.92 Å². The number of nitrogens with zero attached hydrogens (tertiary/aromatic N) is 1. The van der Waals surface area contributed by atoms with E-state index in [9.17, 15) is 4.79 Å². The Hall–Kier alpha value is -1.35. The van der Waals surface area contributed by atoms with Crippen LogP contribution in [0.25, 0.3) is 0 Å². The Labute approximate surface area is 122 Å². The third-order valence-corrected chi connectivity index (χ3v) is 4.11. The summed E-state index contributed by atoms with van der Waals surface area (Å²) in [6.07, 6.45) is 2.91. The number of benzene rings is 1. The van der Waals surface area contributed by atoms with Crippen LogP contribution < -0.4 is 5.32 Å². The van der Waals surface area contributed by atoms with Crippen molar-refractivity contribution in [1.82, 2.24) is 10.2 Å². The minimum Gasteiger partial charge on any atom is -0.342 e. The van der Waals surface area contributed by atoms with Gasteiger partial charge in [-0.1, -0.05) is 29.8 Å². The number of carbonyl (C=O) groups is 1. The molecular formula is C17H26N2O. The maximum Gasteiger partial charge on any atom is 0.226 e. The fraction of sp³-hybridized carbons (Fsp3) is 0.588. The van der Waals surface area contributed by atoms with Gasteiger partial charge in [0, 0.05) is 13.1 Å². The number of likely N-dealkylation sites (N-methyl/N-ethyl adjacent to an activating group) is 1. The quantitative estimate of drug-likeness (QED) is 0.894. The monoisotopic (exact) mass is 274 g/mol. The number of amides is 1. The van der Waals surface area contributed by atoms with Gasteiger partial charge in [0.25, 0.3) is 0 Å². The van der Waals surface area contributed by atoms with E-state index in [1.165, 1.54) is 18.4 Å². The van der Waals surface area contributed by atoms with Gasteiger partial charge in [0.05, 0.1) is 6.42 Å². The minimum atomic E-state index is 0.261. The molecule has 0 unspecified atom stereocenters. The first-order valence-corrected chi connectivity index (χ1v) is 7.73. The van der Waals surface area contributed by atoms with Crippen LogP contribution in [0.15, 0.2) is 24.3 Å². The van der Waals surface area contributed by atoms with Gasteiger partial charge in [0.15, 0.2) is 0 Å². The predicted molar refractivity (Wildman–Crippen MR) is 82.7 cm³/mol. The van der Waals surface area contributed by atoms with E-state index in [1.807, 2.05) is 17.0 Å². The predicted octanol–water partition coefficient (Wildman–Crippen LogP) is 2.39. The second-order valence-corrected chi connectivity index (χ2v) is 5.79. The molecule has 0 saturated carbocycles. The summed E-state index contributed by atoms with van der Waals surface area (Å²) in [6, 6.07) is 8.25. The number of hydrogen-bond acceptors (Lipinski definition) is 2. The highest BCUT2D eigenvalue weighted by molar-refractivity contribution is 5.78. The number of rotatable bonds is 5. The topological polar surface area (TPSA) is 32.3 Å². The highest BCUT2D eigenvalue weighted by Gasteiger charge is 2.19. The summed E-state index contributed by atoms with van der Waals surface area (Å²) in [5, 5.41) is 3.38. The molecule has 110 valence electrons. The van der Waals surface area contributed by atoms with Crippen LogP contribution in [0.5, 0.6) is 0 Å². The molecule has 1 saturated heterocycles. The van der Waals surface area contributed by atoms with Crippen LogP contribution in [0.4, 0.5) is 0 Å². The molecule has 1 aromatic carbocycles. The van der Waals surface area contributed by atoms with Crippen molar-refractivity contribution >= 4 is 5.91 Å².